The molecule has 0 amide bonds. The first-order chi connectivity index (χ1) is 11.3. The number of halogens is 4. The van der Waals surface area contributed by atoms with Crippen LogP contribution < -0.4 is 5.32 Å². The Morgan fingerprint density at radius 2 is 1.96 bits per heavy atom. The molecule has 0 saturated heterocycles. The number of ether oxygens (including phenoxy) is 1. The highest BCUT2D eigenvalue weighted by Gasteiger charge is 2.62. The van der Waals surface area contributed by atoms with Crippen LogP contribution in [0.15, 0.2) is 36.5 Å². The molecular formula is C17H16F4N2O. The molecule has 3 rings (SSSR count). The Morgan fingerprint density at radius 3 is 2.62 bits per heavy atom. The number of nitrogens with one attached hydrogen (secondary N) is 1. The third-order valence-electron chi connectivity index (χ3n) is 3.83. The molecule has 0 spiro atoms. The lowest BCUT2D eigenvalue weighted by atomic mass is 9.81. The summed E-state index contributed by atoms with van der Waals surface area (Å²) < 4.78 is 61.9. The van der Waals surface area contributed by atoms with E-state index in [1.165, 1.54) is 24.4 Å². The standard InChI is InChI=1S/C17H16F4N2O/c1-10(2)9-24-16(17(19,20)21)12-4-3-7-22-15(12)23-14-6-5-11(18)8-13(14)16/h3-8,10H,9H2,1-2H3,(H,22,23). The Hall–Kier alpha value is -2.15. The highest BCUT2D eigenvalue weighted by Crippen LogP contribution is 2.54. The molecule has 0 radical (unpaired) electrons. The summed E-state index contributed by atoms with van der Waals surface area (Å²) in [6.45, 7) is 3.37. The highest BCUT2D eigenvalue weighted by molar-refractivity contribution is 5.73. The summed E-state index contributed by atoms with van der Waals surface area (Å²) in [4.78, 5) is 3.99. The fourth-order valence-electron chi connectivity index (χ4n) is 2.81. The van der Waals surface area contributed by atoms with Crippen LogP contribution in [0.5, 0.6) is 0 Å². The molecule has 1 aliphatic heterocycles. The summed E-state index contributed by atoms with van der Waals surface area (Å²) in [5, 5.41) is 2.82. The zero-order chi connectivity index (χ0) is 17.5. The Balaban J connectivity index is 2.31. The molecule has 1 atom stereocenters. The molecule has 0 aliphatic carbocycles. The normalized spacial score (nSPS) is 19.6. The van der Waals surface area contributed by atoms with Crippen LogP contribution in [0.2, 0.25) is 0 Å². The van der Waals surface area contributed by atoms with Gasteiger partial charge in [0.1, 0.15) is 11.6 Å². The van der Waals surface area contributed by atoms with Crippen molar-refractivity contribution in [3.05, 3.63) is 53.5 Å². The van der Waals surface area contributed by atoms with E-state index in [-0.39, 0.29) is 35.2 Å². The minimum Gasteiger partial charge on any atom is -0.356 e. The molecule has 2 heterocycles. The van der Waals surface area contributed by atoms with Gasteiger partial charge in [-0.05, 0) is 30.2 Å². The second-order valence-electron chi connectivity index (χ2n) is 6.10. The highest BCUT2D eigenvalue weighted by atomic mass is 19.4. The van der Waals surface area contributed by atoms with Gasteiger partial charge in [0.05, 0.1) is 6.61 Å². The smallest absolute Gasteiger partial charge is 0.356 e. The molecule has 1 aromatic carbocycles. The minimum absolute atomic E-state index is 0.0534. The lowest BCUT2D eigenvalue weighted by Gasteiger charge is -2.41. The number of aromatic nitrogens is 1. The summed E-state index contributed by atoms with van der Waals surface area (Å²) in [6.07, 6.45) is -3.39. The molecule has 1 unspecified atom stereocenters. The number of nitrogens with zero attached hydrogens (tertiary/aromatic N) is 1. The second kappa shape index (κ2) is 5.73. The monoisotopic (exact) mass is 340 g/mol. The molecule has 0 saturated carbocycles. The van der Waals surface area contributed by atoms with Crippen molar-refractivity contribution in [3.63, 3.8) is 0 Å². The van der Waals surface area contributed by atoms with E-state index < -0.39 is 17.6 Å². The first kappa shape index (κ1) is 16.7. The molecule has 1 aromatic heterocycles. The number of alkyl halides is 3. The van der Waals surface area contributed by atoms with E-state index in [0.717, 1.165) is 12.1 Å². The van der Waals surface area contributed by atoms with Gasteiger partial charge in [0.25, 0.3) is 0 Å². The van der Waals surface area contributed by atoms with E-state index in [9.17, 15) is 17.6 Å². The quantitative estimate of drug-likeness (QED) is 0.818. The van der Waals surface area contributed by atoms with Gasteiger partial charge in [0.15, 0.2) is 0 Å². The predicted octanol–water partition coefficient (Wildman–Crippen LogP) is 4.76. The fourth-order valence-corrected chi connectivity index (χ4v) is 2.81. The number of hydrogen-bond donors (Lipinski definition) is 1. The topological polar surface area (TPSA) is 34.1 Å². The maximum absolute atomic E-state index is 14.2. The predicted molar refractivity (Wildman–Crippen MR) is 81.5 cm³/mol. The van der Waals surface area contributed by atoms with Crippen LogP contribution in [0.3, 0.4) is 0 Å². The van der Waals surface area contributed by atoms with Crippen LogP contribution in [0.4, 0.5) is 29.1 Å². The van der Waals surface area contributed by atoms with Crippen LogP contribution in [0.25, 0.3) is 0 Å². The summed E-state index contributed by atoms with van der Waals surface area (Å²) in [6, 6.07) is 5.94. The van der Waals surface area contributed by atoms with Crippen LogP contribution in [-0.2, 0) is 10.3 Å². The maximum atomic E-state index is 14.2. The van der Waals surface area contributed by atoms with Crippen molar-refractivity contribution in [2.24, 2.45) is 5.92 Å². The number of hydrogen-bond acceptors (Lipinski definition) is 3. The third kappa shape index (κ3) is 2.53. The summed E-state index contributed by atoms with van der Waals surface area (Å²) in [5.41, 5.74) is -3.10. The SMILES string of the molecule is CC(C)COC1(C(F)(F)F)c2cc(F)ccc2Nc2ncccc21. The molecule has 128 valence electrons. The molecule has 0 bridgehead atoms. The minimum atomic E-state index is -4.79. The lowest BCUT2D eigenvalue weighted by Crippen LogP contribution is -2.49. The van der Waals surface area contributed by atoms with Gasteiger partial charge in [-0.25, -0.2) is 9.37 Å². The van der Waals surface area contributed by atoms with Gasteiger partial charge in [-0.1, -0.05) is 19.9 Å². The third-order valence-corrected chi connectivity index (χ3v) is 3.83. The molecular weight excluding hydrogens is 324 g/mol. The summed E-state index contributed by atoms with van der Waals surface area (Å²) in [7, 11) is 0. The maximum Gasteiger partial charge on any atom is 0.426 e. The van der Waals surface area contributed by atoms with E-state index >= 15 is 0 Å². The van der Waals surface area contributed by atoms with Crippen molar-refractivity contribution >= 4 is 11.5 Å². The number of benzene rings is 1. The average Bonchev–Trinajstić information content (AvgIpc) is 2.50. The van der Waals surface area contributed by atoms with Crippen molar-refractivity contribution in [1.29, 1.82) is 0 Å². The van der Waals surface area contributed by atoms with Gasteiger partial charge >= 0.3 is 6.18 Å². The summed E-state index contributed by atoms with van der Waals surface area (Å²) >= 11 is 0. The van der Waals surface area contributed by atoms with Gasteiger partial charge in [-0.2, -0.15) is 13.2 Å². The zero-order valence-corrected chi connectivity index (χ0v) is 13.1. The van der Waals surface area contributed by atoms with Crippen LogP contribution in [-0.4, -0.2) is 17.8 Å². The molecule has 2 aromatic rings. The van der Waals surface area contributed by atoms with Crippen molar-refractivity contribution in [3.8, 4) is 0 Å². The summed E-state index contributed by atoms with van der Waals surface area (Å²) in [5.74, 6) is -0.835. The number of pyridine rings is 1. The first-order valence-electron chi connectivity index (χ1n) is 7.49. The first-order valence-corrected chi connectivity index (χ1v) is 7.49. The van der Waals surface area contributed by atoms with Gasteiger partial charge in [0.2, 0.25) is 5.60 Å². The van der Waals surface area contributed by atoms with Crippen molar-refractivity contribution in [2.75, 3.05) is 11.9 Å². The van der Waals surface area contributed by atoms with E-state index in [2.05, 4.69) is 10.3 Å². The molecule has 3 nitrogen and oxygen atoms in total. The van der Waals surface area contributed by atoms with Crippen molar-refractivity contribution in [2.45, 2.75) is 25.6 Å². The largest absolute Gasteiger partial charge is 0.426 e. The fraction of sp³-hybridized carbons (Fsp3) is 0.353. The van der Waals surface area contributed by atoms with E-state index in [1.54, 1.807) is 13.8 Å². The molecule has 1 N–H and O–H groups in total. The van der Waals surface area contributed by atoms with Crippen molar-refractivity contribution < 1.29 is 22.3 Å². The Morgan fingerprint density at radius 1 is 1.21 bits per heavy atom. The molecule has 24 heavy (non-hydrogen) atoms. The zero-order valence-electron chi connectivity index (χ0n) is 13.1. The van der Waals surface area contributed by atoms with Crippen LogP contribution >= 0.6 is 0 Å². The van der Waals surface area contributed by atoms with Crippen LogP contribution in [0, 0.1) is 11.7 Å². The average molecular weight is 340 g/mol. The molecule has 1 aliphatic rings. The van der Waals surface area contributed by atoms with E-state index in [1.807, 2.05) is 0 Å². The molecule has 0 fully saturated rings. The van der Waals surface area contributed by atoms with Crippen LogP contribution in [0.1, 0.15) is 25.0 Å². The Bertz CT molecular complexity index is 760. The second-order valence-corrected chi connectivity index (χ2v) is 6.10. The number of fused-ring (bicyclic) bond motifs is 2. The van der Waals surface area contributed by atoms with E-state index in [0.29, 0.717) is 0 Å². The van der Waals surface area contributed by atoms with Gasteiger partial charge in [-0.3, -0.25) is 0 Å². The number of anilines is 2. The Kier molecular flexibility index (Phi) is 3.99. The molecule has 7 heteroatoms. The Labute approximate surface area is 136 Å². The van der Waals surface area contributed by atoms with Gasteiger partial charge in [0, 0.05) is 23.0 Å². The number of rotatable bonds is 3. The lowest BCUT2D eigenvalue weighted by molar-refractivity contribution is -0.269. The van der Waals surface area contributed by atoms with Crippen molar-refractivity contribution in [1.82, 2.24) is 4.98 Å². The van der Waals surface area contributed by atoms with E-state index in [4.69, 9.17) is 4.74 Å². The van der Waals surface area contributed by atoms with Gasteiger partial charge < -0.3 is 10.1 Å². The van der Waals surface area contributed by atoms with Gasteiger partial charge in [-0.15, -0.1) is 0 Å².